The van der Waals surface area contributed by atoms with Gasteiger partial charge in [0.25, 0.3) is 0 Å². The van der Waals surface area contributed by atoms with Gasteiger partial charge in [0, 0.05) is 33.0 Å². The zero-order valence-electron chi connectivity index (χ0n) is 24.8. The van der Waals surface area contributed by atoms with Crippen LogP contribution in [-0.4, -0.2) is 11.8 Å². The molecule has 6 aromatic carbocycles. The number of aromatic nitrogens is 1. The minimum Gasteiger partial charge on any atom is -0.457 e. The highest BCUT2D eigenvalue weighted by atomic mass is 16.7. The minimum atomic E-state index is 0.139. The van der Waals surface area contributed by atoms with Gasteiger partial charge >= 0.3 is 0 Å². The fourth-order valence-corrected chi connectivity index (χ4v) is 6.36. The molecule has 8 aromatic rings. The van der Waals surface area contributed by atoms with E-state index in [1.165, 1.54) is 0 Å². The lowest BCUT2D eigenvalue weighted by Gasteiger charge is -2.13. The number of rotatable bonds is 4. The van der Waals surface area contributed by atoms with Gasteiger partial charge in [-0.15, -0.1) is 0 Å². The molecule has 0 radical (unpaired) electrons. The van der Waals surface area contributed by atoms with E-state index < -0.39 is 0 Å². The van der Waals surface area contributed by atoms with Crippen LogP contribution in [0.5, 0.6) is 11.5 Å². The van der Waals surface area contributed by atoms with E-state index in [1.807, 2.05) is 66.7 Å². The molecular formula is C42H27NO3. The van der Waals surface area contributed by atoms with Crippen LogP contribution >= 0.6 is 0 Å². The summed E-state index contributed by atoms with van der Waals surface area (Å²) in [5.74, 6) is 1.58. The third-order valence-corrected chi connectivity index (χ3v) is 8.69. The third kappa shape index (κ3) is 4.59. The van der Waals surface area contributed by atoms with Gasteiger partial charge in [-0.25, -0.2) is 4.98 Å². The smallest absolute Gasteiger partial charge is 0.230 e. The van der Waals surface area contributed by atoms with Gasteiger partial charge in [-0.05, 0) is 76.9 Å². The topological polar surface area (TPSA) is 44.5 Å². The number of para-hydroxylation sites is 1. The molecule has 0 aliphatic carbocycles. The third-order valence-electron chi connectivity index (χ3n) is 8.69. The Hall–Kier alpha value is -6.13. The Bertz CT molecular complexity index is 2340. The lowest BCUT2D eigenvalue weighted by atomic mass is 9.94. The molecule has 0 amide bonds. The molecule has 1 aliphatic rings. The van der Waals surface area contributed by atoms with Crippen molar-refractivity contribution in [2.24, 2.45) is 0 Å². The van der Waals surface area contributed by atoms with Gasteiger partial charge in [0.05, 0.1) is 11.4 Å². The summed E-state index contributed by atoms with van der Waals surface area (Å²) in [6, 6.07) is 52.2. The molecule has 0 unspecified atom stereocenters. The van der Waals surface area contributed by atoms with E-state index in [-0.39, 0.29) is 6.79 Å². The molecule has 0 atom stereocenters. The molecule has 1 aliphatic heterocycles. The first-order valence-corrected chi connectivity index (χ1v) is 15.4. The standard InChI is InChI=1S/C42H27NO3/c1-3-9-27(10-4-1)37-23-32(24-38(43-37)28-11-5-2-6-12-28)30-16-19-39-35(22-30)34-18-15-31(25-42(34)45-26-44-39)29-17-20-41-36(21-29)33-13-7-8-14-40(33)46-41/h1-25H,26H2. The second-order valence-corrected chi connectivity index (χ2v) is 11.5. The Balaban J connectivity index is 1.14. The predicted octanol–water partition coefficient (Wildman–Crippen LogP) is 11.0. The summed E-state index contributed by atoms with van der Waals surface area (Å²) in [5, 5.41) is 2.21. The highest BCUT2D eigenvalue weighted by Crippen LogP contribution is 2.44. The van der Waals surface area contributed by atoms with Crippen molar-refractivity contribution in [3.8, 4) is 67.4 Å². The van der Waals surface area contributed by atoms with Gasteiger partial charge in [-0.1, -0.05) is 97.1 Å². The Morgan fingerprint density at radius 2 is 1.00 bits per heavy atom. The lowest BCUT2D eigenvalue weighted by molar-refractivity contribution is 0.125. The quantitative estimate of drug-likeness (QED) is 0.204. The summed E-state index contributed by atoms with van der Waals surface area (Å²) in [6.07, 6.45) is 0. The summed E-state index contributed by atoms with van der Waals surface area (Å²) in [4.78, 5) is 5.06. The summed E-state index contributed by atoms with van der Waals surface area (Å²) in [7, 11) is 0. The molecule has 0 saturated heterocycles. The van der Waals surface area contributed by atoms with Crippen LogP contribution in [0.3, 0.4) is 0 Å². The van der Waals surface area contributed by atoms with E-state index in [0.29, 0.717) is 0 Å². The molecule has 9 rings (SSSR count). The Labute approximate surface area is 266 Å². The van der Waals surface area contributed by atoms with Crippen LogP contribution in [0.25, 0.3) is 77.8 Å². The molecule has 46 heavy (non-hydrogen) atoms. The van der Waals surface area contributed by atoms with Crippen LogP contribution < -0.4 is 9.47 Å². The molecule has 4 heteroatoms. The number of ether oxygens (including phenoxy) is 2. The second kappa shape index (κ2) is 10.8. The lowest BCUT2D eigenvalue weighted by Crippen LogP contribution is -2.03. The number of furan rings is 1. The Morgan fingerprint density at radius 3 is 1.78 bits per heavy atom. The number of pyridine rings is 1. The number of hydrogen-bond donors (Lipinski definition) is 0. The van der Waals surface area contributed by atoms with Crippen molar-refractivity contribution in [1.29, 1.82) is 0 Å². The van der Waals surface area contributed by atoms with Crippen LogP contribution in [0.2, 0.25) is 0 Å². The van der Waals surface area contributed by atoms with Crippen LogP contribution in [-0.2, 0) is 0 Å². The first kappa shape index (κ1) is 26.3. The maximum absolute atomic E-state index is 6.18. The largest absolute Gasteiger partial charge is 0.457 e. The van der Waals surface area contributed by atoms with E-state index in [1.54, 1.807) is 0 Å². The fourth-order valence-electron chi connectivity index (χ4n) is 6.36. The van der Waals surface area contributed by atoms with Crippen molar-refractivity contribution in [2.75, 3.05) is 6.79 Å². The van der Waals surface area contributed by atoms with E-state index in [0.717, 1.165) is 89.3 Å². The molecule has 0 saturated carbocycles. The average molecular weight is 594 g/mol. The maximum Gasteiger partial charge on any atom is 0.230 e. The summed E-state index contributed by atoms with van der Waals surface area (Å²) >= 11 is 0. The normalized spacial score (nSPS) is 12.2. The molecule has 0 spiro atoms. The highest BCUT2D eigenvalue weighted by Gasteiger charge is 2.20. The first-order chi connectivity index (χ1) is 22.8. The van der Waals surface area contributed by atoms with Crippen LogP contribution in [0.4, 0.5) is 0 Å². The first-order valence-electron chi connectivity index (χ1n) is 15.4. The zero-order chi connectivity index (χ0) is 30.5. The monoisotopic (exact) mass is 593 g/mol. The molecule has 0 fully saturated rings. The number of nitrogens with zero attached hydrogens (tertiary/aromatic N) is 1. The number of hydrogen-bond acceptors (Lipinski definition) is 4. The minimum absolute atomic E-state index is 0.139. The Kier molecular flexibility index (Phi) is 6.17. The average Bonchev–Trinajstić information content (AvgIpc) is 3.40. The van der Waals surface area contributed by atoms with Crippen molar-refractivity contribution in [1.82, 2.24) is 4.98 Å². The van der Waals surface area contributed by atoms with Gasteiger partial charge in [-0.2, -0.15) is 0 Å². The second-order valence-electron chi connectivity index (χ2n) is 11.5. The predicted molar refractivity (Wildman–Crippen MR) is 185 cm³/mol. The van der Waals surface area contributed by atoms with Gasteiger partial charge in [0.1, 0.15) is 22.7 Å². The van der Waals surface area contributed by atoms with Gasteiger partial charge in [0.2, 0.25) is 6.79 Å². The number of fused-ring (bicyclic) bond motifs is 6. The SMILES string of the molecule is c1ccc(-c2cc(-c3ccc4c(c3)-c3ccc(-c5ccc6oc7ccccc7c6c5)cc3OCO4)cc(-c3ccccc3)n2)cc1. The molecule has 218 valence electrons. The fraction of sp³-hybridized carbons (Fsp3) is 0.0238. The van der Waals surface area contributed by atoms with E-state index in [4.69, 9.17) is 18.9 Å². The van der Waals surface area contributed by atoms with Gasteiger partial charge in [0.15, 0.2) is 0 Å². The highest BCUT2D eigenvalue weighted by molar-refractivity contribution is 6.06. The molecular weight excluding hydrogens is 566 g/mol. The maximum atomic E-state index is 6.18. The molecule has 3 heterocycles. The van der Waals surface area contributed by atoms with E-state index >= 15 is 0 Å². The van der Waals surface area contributed by atoms with Crippen molar-refractivity contribution < 1.29 is 13.9 Å². The van der Waals surface area contributed by atoms with E-state index in [9.17, 15) is 0 Å². The number of benzene rings is 6. The summed E-state index contributed by atoms with van der Waals surface area (Å²) in [6.45, 7) is 0.139. The molecule has 2 aromatic heterocycles. The van der Waals surface area contributed by atoms with E-state index in [2.05, 4.69) is 84.9 Å². The summed E-state index contributed by atoms with van der Waals surface area (Å²) in [5.41, 5.74) is 12.1. The molecule has 0 N–H and O–H groups in total. The van der Waals surface area contributed by atoms with Crippen LogP contribution in [0, 0.1) is 0 Å². The van der Waals surface area contributed by atoms with Crippen molar-refractivity contribution >= 4 is 21.9 Å². The summed E-state index contributed by atoms with van der Waals surface area (Å²) < 4.78 is 18.3. The van der Waals surface area contributed by atoms with Crippen molar-refractivity contribution in [3.63, 3.8) is 0 Å². The van der Waals surface area contributed by atoms with Gasteiger partial charge in [-0.3, -0.25) is 0 Å². The van der Waals surface area contributed by atoms with Crippen LogP contribution in [0.15, 0.2) is 156 Å². The Morgan fingerprint density at radius 1 is 0.391 bits per heavy atom. The van der Waals surface area contributed by atoms with Crippen molar-refractivity contribution in [2.45, 2.75) is 0 Å². The zero-order valence-corrected chi connectivity index (χ0v) is 24.8. The molecule has 0 bridgehead atoms. The van der Waals surface area contributed by atoms with Crippen molar-refractivity contribution in [3.05, 3.63) is 152 Å². The molecule has 4 nitrogen and oxygen atoms in total. The van der Waals surface area contributed by atoms with Gasteiger partial charge < -0.3 is 13.9 Å². The van der Waals surface area contributed by atoms with Crippen LogP contribution in [0.1, 0.15) is 0 Å².